The average Bonchev–Trinajstić information content (AvgIpc) is 2.39. The third-order valence-electron chi connectivity index (χ3n) is 2.40. The van der Waals surface area contributed by atoms with Crippen LogP contribution in [0.5, 0.6) is 0 Å². The van der Waals surface area contributed by atoms with Gasteiger partial charge in [0.05, 0.1) is 16.1 Å². The molecule has 0 saturated carbocycles. The van der Waals surface area contributed by atoms with E-state index in [0.717, 1.165) is 0 Å². The highest BCUT2D eigenvalue weighted by atomic mass is 35.5. The Morgan fingerprint density at radius 1 is 1.42 bits per heavy atom. The highest BCUT2D eigenvalue weighted by Crippen LogP contribution is 2.20. The number of hydrogen-bond donors (Lipinski definition) is 2. The Bertz CT molecular complexity index is 679. The smallest absolute Gasteiger partial charge is 0.258 e. The Morgan fingerprint density at radius 3 is 2.89 bits per heavy atom. The van der Waals surface area contributed by atoms with Crippen LogP contribution in [0, 0.1) is 11.3 Å². The zero-order chi connectivity index (χ0) is 13.8. The van der Waals surface area contributed by atoms with Gasteiger partial charge in [-0.3, -0.25) is 4.79 Å². The largest absolute Gasteiger partial charge is 0.399 e. The van der Waals surface area contributed by atoms with Crippen molar-refractivity contribution >= 4 is 29.0 Å². The monoisotopic (exact) mass is 272 g/mol. The lowest BCUT2D eigenvalue weighted by molar-refractivity contribution is 0.102. The molecule has 0 radical (unpaired) electrons. The number of nitrogen functional groups attached to an aromatic ring is 1. The fourth-order valence-electron chi connectivity index (χ4n) is 1.49. The van der Waals surface area contributed by atoms with E-state index in [1.54, 1.807) is 18.2 Å². The Hall–Kier alpha value is -2.58. The first-order chi connectivity index (χ1) is 9.11. The van der Waals surface area contributed by atoms with Gasteiger partial charge in [-0.05, 0) is 30.3 Å². The predicted molar refractivity (Wildman–Crippen MR) is 72.8 cm³/mol. The lowest BCUT2D eigenvalue weighted by Crippen LogP contribution is -2.14. The van der Waals surface area contributed by atoms with Crippen LogP contribution >= 0.6 is 11.6 Å². The van der Waals surface area contributed by atoms with Crippen molar-refractivity contribution in [3.05, 3.63) is 52.7 Å². The number of nitrogens with two attached hydrogens (primary N) is 1. The second-order valence-electron chi connectivity index (χ2n) is 3.70. The first-order valence-corrected chi connectivity index (χ1v) is 5.71. The summed E-state index contributed by atoms with van der Waals surface area (Å²) in [5.41, 5.74) is 6.57. The van der Waals surface area contributed by atoms with Gasteiger partial charge in [-0.2, -0.15) is 5.26 Å². The molecule has 0 fully saturated rings. The molecule has 0 unspecified atom stereocenters. The molecule has 0 aliphatic rings. The number of aromatic nitrogens is 1. The Kier molecular flexibility index (Phi) is 3.64. The van der Waals surface area contributed by atoms with E-state index in [0.29, 0.717) is 5.69 Å². The number of anilines is 2. The van der Waals surface area contributed by atoms with Crippen LogP contribution in [0.2, 0.25) is 5.02 Å². The Labute approximate surface area is 114 Å². The number of pyridine rings is 1. The molecule has 0 aliphatic carbocycles. The highest BCUT2D eigenvalue weighted by Gasteiger charge is 2.13. The minimum atomic E-state index is -0.444. The van der Waals surface area contributed by atoms with E-state index < -0.39 is 5.91 Å². The highest BCUT2D eigenvalue weighted by molar-refractivity contribution is 6.34. The predicted octanol–water partition coefficient (Wildman–Crippen LogP) is 2.44. The topological polar surface area (TPSA) is 91.8 Å². The molecule has 1 heterocycles. The SMILES string of the molecule is N#Cc1cccnc1NC(=O)c1ccc(N)cc1Cl. The van der Waals surface area contributed by atoms with Gasteiger partial charge in [0.1, 0.15) is 6.07 Å². The number of carbonyl (C=O) groups excluding carboxylic acids is 1. The van der Waals surface area contributed by atoms with Crippen LogP contribution in [-0.2, 0) is 0 Å². The molecular weight excluding hydrogens is 264 g/mol. The summed E-state index contributed by atoms with van der Waals surface area (Å²) in [5.74, 6) is -0.247. The van der Waals surface area contributed by atoms with E-state index in [4.69, 9.17) is 22.6 Å². The van der Waals surface area contributed by atoms with Gasteiger partial charge < -0.3 is 11.1 Å². The van der Waals surface area contributed by atoms with E-state index in [1.807, 2.05) is 6.07 Å². The summed E-state index contributed by atoms with van der Waals surface area (Å²) in [6.07, 6.45) is 1.49. The van der Waals surface area contributed by atoms with Crippen LogP contribution in [-0.4, -0.2) is 10.9 Å². The summed E-state index contributed by atoms with van der Waals surface area (Å²) in [6, 6.07) is 9.70. The van der Waals surface area contributed by atoms with Gasteiger partial charge in [0.25, 0.3) is 5.91 Å². The van der Waals surface area contributed by atoms with E-state index in [9.17, 15) is 4.79 Å². The molecule has 0 atom stereocenters. The van der Waals surface area contributed by atoms with E-state index in [1.165, 1.54) is 18.3 Å². The number of rotatable bonds is 2. The number of carbonyl (C=O) groups is 1. The number of halogens is 1. The molecule has 0 spiro atoms. The van der Waals surface area contributed by atoms with Gasteiger partial charge in [-0.25, -0.2) is 4.98 Å². The maximum atomic E-state index is 12.0. The fourth-order valence-corrected chi connectivity index (χ4v) is 1.76. The van der Waals surface area contributed by atoms with Crippen molar-refractivity contribution in [1.82, 2.24) is 4.98 Å². The molecular formula is C13H9ClN4O. The van der Waals surface area contributed by atoms with Crippen molar-refractivity contribution in [2.24, 2.45) is 0 Å². The van der Waals surface area contributed by atoms with Gasteiger partial charge in [0, 0.05) is 11.9 Å². The first-order valence-electron chi connectivity index (χ1n) is 5.33. The standard InChI is InChI=1S/C13H9ClN4O/c14-11-6-9(16)3-4-10(11)13(19)18-12-8(7-15)2-1-5-17-12/h1-6H,16H2,(H,17,18,19). The number of amides is 1. The average molecular weight is 273 g/mol. The lowest BCUT2D eigenvalue weighted by Gasteiger charge is -2.07. The van der Waals surface area contributed by atoms with Crippen molar-refractivity contribution in [2.45, 2.75) is 0 Å². The summed E-state index contributed by atoms with van der Waals surface area (Å²) in [6.45, 7) is 0. The summed E-state index contributed by atoms with van der Waals surface area (Å²) in [7, 11) is 0. The van der Waals surface area contributed by atoms with Crippen molar-refractivity contribution < 1.29 is 4.79 Å². The van der Waals surface area contributed by atoms with Gasteiger partial charge in [0.2, 0.25) is 0 Å². The molecule has 2 aromatic rings. The number of nitriles is 1. The lowest BCUT2D eigenvalue weighted by atomic mass is 10.2. The fraction of sp³-hybridized carbons (Fsp3) is 0. The second kappa shape index (κ2) is 5.38. The maximum absolute atomic E-state index is 12.0. The number of benzene rings is 1. The van der Waals surface area contributed by atoms with E-state index >= 15 is 0 Å². The van der Waals surface area contributed by atoms with Crippen molar-refractivity contribution in [3.63, 3.8) is 0 Å². The van der Waals surface area contributed by atoms with Crippen LogP contribution in [0.1, 0.15) is 15.9 Å². The maximum Gasteiger partial charge on any atom is 0.258 e. The number of nitrogens with zero attached hydrogens (tertiary/aromatic N) is 2. The van der Waals surface area contributed by atoms with Crippen LogP contribution in [0.25, 0.3) is 0 Å². The molecule has 0 saturated heterocycles. The number of hydrogen-bond acceptors (Lipinski definition) is 4. The van der Waals surface area contributed by atoms with Gasteiger partial charge in [0.15, 0.2) is 5.82 Å². The molecule has 1 aromatic carbocycles. The third kappa shape index (κ3) is 2.81. The molecule has 3 N–H and O–H groups in total. The molecule has 5 nitrogen and oxygen atoms in total. The minimum Gasteiger partial charge on any atom is -0.399 e. The quantitative estimate of drug-likeness (QED) is 0.821. The third-order valence-corrected chi connectivity index (χ3v) is 2.71. The van der Waals surface area contributed by atoms with Crippen molar-refractivity contribution in [2.75, 3.05) is 11.1 Å². The summed E-state index contributed by atoms with van der Waals surface area (Å²) >= 11 is 5.94. The Balaban J connectivity index is 2.29. The second-order valence-corrected chi connectivity index (χ2v) is 4.11. The number of nitrogens with one attached hydrogen (secondary N) is 1. The molecule has 0 aliphatic heterocycles. The molecule has 6 heteroatoms. The zero-order valence-electron chi connectivity index (χ0n) is 9.72. The van der Waals surface area contributed by atoms with Crippen LogP contribution in [0.4, 0.5) is 11.5 Å². The van der Waals surface area contributed by atoms with Gasteiger partial charge in [-0.15, -0.1) is 0 Å². The van der Waals surface area contributed by atoms with Crippen molar-refractivity contribution in [3.8, 4) is 6.07 Å². The summed E-state index contributed by atoms with van der Waals surface area (Å²) in [4.78, 5) is 16.0. The molecule has 19 heavy (non-hydrogen) atoms. The molecule has 1 amide bonds. The first kappa shape index (κ1) is 12.9. The molecule has 94 valence electrons. The normalized spacial score (nSPS) is 9.68. The van der Waals surface area contributed by atoms with E-state index in [2.05, 4.69) is 10.3 Å². The van der Waals surface area contributed by atoms with E-state index in [-0.39, 0.29) is 22.0 Å². The van der Waals surface area contributed by atoms with Crippen LogP contribution in [0.15, 0.2) is 36.5 Å². The van der Waals surface area contributed by atoms with Crippen LogP contribution < -0.4 is 11.1 Å². The van der Waals surface area contributed by atoms with Gasteiger partial charge in [-0.1, -0.05) is 11.6 Å². The Morgan fingerprint density at radius 2 is 2.21 bits per heavy atom. The minimum absolute atomic E-state index is 0.197. The molecule has 2 rings (SSSR count). The molecule has 1 aromatic heterocycles. The van der Waals surface area contributed by atoms with Gasteiger partial charge >= 0.3 is 0 Å². The summed E-state index contributed by atoms with van der Waals surface area (Å²) in [5, 5.41) is 11.7. The molecule has 0 bridgehead atoms. The van der Waals surface area contributed by atoms with Crippen LogP contribution in [0.3, 0.4) is 0 Å². The van der Waals surface area contributed by atoms with Crippen molar-refractivity contribution in [1.29, 1.82) is 5.26 Å². The summed E-state index contributed by atoms with van der Waals surface area (Å²) < 4.78 is 0. The zero-order valence-corrected chi connectivity index (χ0v) is 10.5.